The Morgan fingerprint density at radius 1 is 1.41 bits per heavy atom. The zero-order valence-corrected chi connectivity index (χ0v) is 10.7. The molecule has 1 unspecified atom stereocenters. The average Bonchev–Trinajstić information content (AvgIpc) is 2.26. The van der Waals surface area contributed by atoms with Crippen molar-refractivity contribution in [2.45, 2.75) is 27.2 Å². The molecule has 0 saturated carbocycles. The fourth-order valence-electron chi connectivity index (χ4n) is 1.70. The van der Waals surface area contributed by atoms with Gasteiger partial charge >= 0.3 is 0 Å². The summed E-state index contributed by atoms with van der Waals surface area (Å²) >= 11 is 0. The first-order valence-corrected chi connectivity index (χ1v) is 5.83. The van der Waals surface area contributed by atoms with Crippen LogP contribution in [0.3, 0.4) is 0 Å². The molecule has 3 N–H and O–H groups in total. The van der Waals surface area contributed by atoms with Gasteiger partial charge in [0.1, 0.15) is 0 Å². The Hall–Kier alpha value is -1.42. The highest BCUT2D eigenvalue weighted by Gasteiger charge is 2.23. The van der Waals surface area contributed by atoms with Crippen molar-refractivity contribution in [2.75, 3.05) is 11.9 Å². The summed E-state index contributed by atoms with van der Waals surface area (Å²) < 4.78 is 0. The molecule has 1 rings (SSSR count). The highest BCUT2D eigenvalue weighted by atomic mass is 16.1. The highest BCUT2D eigenvalue weighted by molar-refractivity contribution is 5.92. The quantitative estimate of drug-likeness (QED) is 0.839. The van der Waals surface area contributed by atoms with Gasteiger partial charge in [0.25, 0.3) is 0 Å². The number of amides is 1. The van der Waals surface area contributed by atoms with Crippen LogP contribution in [0.1, 0.15) is 27.2 Å². The third-order valence-electron chi connectivity index (χ3n) is 2.46. The largest absolute Gasteiger partial charge is 0.330 e. The molecule has 4 nitrogen and oxygen atoms in total. The Morgan fingerprint density at radius 3 is 2.47 bits per heavy atom. The summed E-state index contributed by atoms with van der Waals surface area (Å²) in [4.78, 5) is 15.9. The van der Waals surface area contributed by atoms with Crippen molar-refractivity contribution in [1.29, 1.82) is 0 Å². The topological polar surface area (TPSA) is 68.0 Å². The van der Waals surface area contributed by atoms with Gasteiger partial charge in [0.2, 0.25) is 5.91 Å². The Bertz CT molecular complexity index is 357. The van der Waals surface area contributed by atoms with E-state index >= 15 is 0 Å². The number of carbonyl (C=O) groups is 1. The molecule has 0 radical (unpaired) electrons. The van der Waals surface area contributed by atoms with Crippen molar-refractivity contribution in [1.82, 2.24) is 4.98 Å². The third kappa shape index (κ3) is 4.95. The summed E-state index contributed by atoms with van der Waals surface area (Å²) in [5, 5.41) is 2.86. The van der Waals surface area contributed by atoms with Crippen LogP contribution in [0.4, 0.5) is 5.69 Å². The van der Waals surface area contributed by atoms with Crippen LogP contribution in [0, 0.1) is 11.3 Å². The van der Waals surface area contributed by atoms with Crippen molar-refractivity contribution in [3.63, 3.8) is 0 Å². The summed E-state index contributed by atoms with van der Waals surface area (Å²) in [5.41, 5.74) is 6.52. The van der Waals surface area contributed by atoms with E-state index in [0.717, 1.165) is 12.1 Å². The Kier molecular flexibility index (Phi) is 4.63. The molecule has 0 fully saturated rings. The molecule has 0 bridgehead atoms. The normalized spacial score (nSPS) is 13.2. The predicted molar refractivity (Wildman–Crippen MR) is 69.5 cm³/mol. The molecule has 0 aliphatic carbocycles. The van der Waals surface area contributed by atoms with E-state index in [1.54, 1.807) is 24.5 Å². The number of hydrogen-bond acceptors (Lipinski definition) is 3. The van der Waals surface area contributed by atoms with Crippen LogP contribution in [-0.2, 0) is 4.79 Å². The summed E-state index contributed by atoms with van der Waals surface area (Å²) in [6, 6.07) is 3.53. The molecule has 1 aromatic rings. The van der Waals surface area contributed by atoms with Crippen LogP contribution in [0.15, 0.2) is 24.5 Å². The van der Waals surface area contributed by atoms with Crippen LogP contribution in [-0.4, -0.2) is 17.4 Å². The minimum atomic E-state index is -0.150. The van der Waals surface area contributed by atoms with E-state index in [0.29, 0.717) is 6.54 Å². The van der Waals surface area contributed by atoms with Gasteiger partial charge in [0, 0.05) is 24.6 Å². The van der Waals surface area contributed by atoms with Gasteiger partial charge in [-0.05, 0) is 24.0 Å². The lowest BCUT2D eigenvalue weighted by Gasteiger charge is -2.24. The number of carbonyl (C=O) groups excluding carboxylic acids is 1. The molecule has 1 amide bonds. The summed E-state index contributed by atoms with van der Waals surface area (Å²) in [7, 11) is 0. The molecule has 0 aliphatic rings. The van der Waals surface area contributed by atoms with Crippen LogP contribution >= 0.6 is 0 Å². The first-order valence-electron chi connectivity index (χ1n) is 5.83. The van der Waals surface area contributed by atoms with Crippen molar-refractivity contribution >= 4 is 11.6 Å². The van der Waals surface area contributed by atoms with Gasteiger partial charge < -0.3 is 11.1 Å². The van der Waals surface area contributed by atoms with Gasteiger partial charge in [-0.15, -0.1) is 0 Å². The van der Waals surface area contributed by atoms with E-state index in [2.05, 4.69) is 31.1 Å². The maximum absolute atomic E-state index is 12.0. The SMILES string of the molecule is CC(C)(C)CC(CN)C(=O)Nc1ccncc1. The lowest BCUT2D eigenvalue weighted by atomic mass is 9.84. The maximum atomic E-state index is 12.0. The van der Waals surface area contributed by atoms with Gasteiger partial charge in [0.15, 0.2) is 0 Å². The molecule has 1 heterocycles. The van der Waals surface area contributed by atoms with Crippen LogP contribution in [0.5, 0.6) is 0 Å². The van der Waals surface area contributed by atoms with E-state index in [-0.39, 0.29) is 17.2 Å². The highest BCUT2D eigenvalue weighted by Crippen LogP contribution is 2.24. The molecular formula is C13H21N3O. The van der Waals surface area contributed by atoms with Gasteiger partial charge in [-0.2, -0.15) is 0 Å². The van der Waals surface area contributed by atoms with E-state index in [9.17, 15) is 4.79 Å². The van der Waals surface area contributed by atoms with Crippen molar-refractivity contribution < 1.29 is 4.79 Å². The number of aromatic nitrogens is 1. The van der Waals surface area contributed by atoms with Crippen LogP contribution in [0.2, 0.25) is 0 Å². The number of nitrogens with zero attached hydrogens (tertiary/aromatic N) is 1. The number of pyridine rings is 1. The third-order valence-corrected chi connectivity index (χ3v) is 2.46. The first kappa shape index (κ1) is 13.6. The van der Waals surface area contributed by atoms with E-state index in [1.165, 1.54) is 0 Å². The summed E-state index contributed by atoms with van der Waals surface area (Å²) in [6.07, 6.45) is 4.08. The van der Waals surface area contributed by atoms with E-state index < -0.39 is 0 Å². The maximum Gasteiger partial charge on any atom is 0.228 e. The monoisotopic (exact) mass is 235 g/mol. The van der Waals surface area contributed by atoms with Crippen LogP contribution in [0.25, 0.3) is 0 Å². The minimum Gasteiger partial charge on any atom is -0.330 e. The molecule has 0 saturated heterocycles. The predicted octanol–water partition coefficient (Wildman–Crippen LogP) is 2.03. The van der Waals surface area contributed by atoms with E-state index in [4.69, 9.17) is 5.73 Å². The van der Waals surface area contributed by atoms with Gasteiger partial charge in [-0.25, -0.2) is 0 Å². The van der Waals surface area contributed by atoms with Crippen LogP contribution < -0.4 is 11.1 Å². The smallest absolute Gasteiger partial charge is 0.228 e. The van der Waals surface area contributed by atoms with Gasteiger partial charge in [-0.3, -0.25) is 9.78 Å². The molecule has 1 atom stereocenters. The van der Waals surface area contributed by atoms with Gasteiger partial charge in [0.05, 0.1) is 5.92 Å². The fourth-order valence-corrected chi connectivity index (χ4v) is 1.70. The molecule has 4 heteroatoms. The summed E-state index contributed by atoms with van der Waals surface area (Å²) in [5.74, 6) is -0.170. The number of nitrogens with two attached hydrogens (primary N) is 1. The Labute approximate surface area is 103 Å². The molecule has 1 aromatic heterocycles. The molecule has 0 aliphatic heterocycles. The standard InChI is InChI=1S/C13H21N3O/c1-13(2,3)8-10(9-14)12(17)16-11-4-6-15-7-5-11/h4-7,10H,8-9,14H2,1-3H3,(H,15,16,17). The number of hydrogen-bond donors (Lipinski definition) is 2. The number of anilines is 1. The first-order chi connectivity index (χ1) is 7.92. The molecular weight excluding hydrogens is 214 g/mol. The fraction of sp³-hybridized carbons (Fsp3) is 0.538. The second kappa shape index (κ2) is 5.77. The van der Waals surface area contributed by atoms with E-state index in [1.807, 2.05) is 0 Å². The number of nitrogens with one attached hydrogen (secondary N) is 1. The zero-order chi connectivity index (χ0) is 12.9. The van der Waals surface area contributed by atoms with Crippen molar-refractivity contribution in [2.24, 2.45) is 17.1 Å². The van der Waals surface area contributed by atoms with Crippen molar-refractivity contribution in [3.05, 3.63) is 24.5 Å². The van der Waals surface area contributed by atoms with Gasteiger partial charge in [-0.1, -0.05) is 20.8 Å². The Morgan fingerprint density at radius 2 is 2.00 bits per heavy atom. The molecule has 94 valence electrons. The zero-order valence-electron chi connectivity index (χ0n) is 10.7. The minimum absolute atomic E-state index is 0.0198. The molecule has 0 spiro atoms. The lowest BCUT2D eigenvalue weighted by Crippen LogP contribution is -2.32. The summed E-state index contributed by atoms with van der Waals surface area (Å²) in [6.45, 7) is 6.69. The molecule has 17 heavy (non-hydrogen) atoms. The molecule has 0 aromatic carbocycles. The second-order valence-corrected chi connectivity index (χ2v) is 5.42. The average molecular weight is 235 g/mol. The van der Waals surface area contributed by atoms with Crippen molar-refractivity contribution in [3.8, 4) is 0 Å². The second-order valence-electron chi connectivity index (χ2n) is 5.42. The number of rotatable bonds is 4. The Balaban J connectivity index is 2.62. The lowest BCUT2D eigenvalue weighted by molar-refractivity contribution is -0.120.